The van der Waals surface area contributed by atoms with Gasteiger partial charge in [-0.15, -0.1) is 0 Å². The van der Waals surface area contributed by atoms with Crippen molar-refractivity contribution in [3.8, 4) is 11.5 Å². The van der Waals surface area contributed by atoms with Gasteiger partial charge in [-0.2, -0.15) is 0 Å². The van der Waals surface area contributed by atoms with Crippen molar-refractivity contribution in [2.24, 2.45) is 5.41 Å². The van der Waals surface area contributed by atoms with Crippen LogP contribution in [0.15, 0.2) is 42.5 Å². The Morgan fingerprint density at radius 3 is 2.40 bits per heavy atom. The smallest absolute Gasteiger partial charge is 0.272 e. The quantitative estimate of drug-likeness (QED) is 0.682. The van der Waals surface area contributed by atoms with Gasteiger partial charge in [-0.25, -0.2) is 9.97 Å². The minimum atomic E-state index is -0.0202. The lowest BCUT2D eigenvalue weighted by atomic mass is 9.71. The summed E-state index contributed by atoms with van der Waals surface area (Å²) in [5.41, 5.74) is 3.24. The molecule has 2 fully saturated rings. The maximum Gasteiger partial charge on any atom is 0.272 e. The number of amides is 2. The van der Waals surface area contributed by atoms with Gasteiger partial charge in [-0.05, 0) is 55.4 Å². The number of aromatic amines is 1. The van der Waals surface area contributed by atoms with Crippen LogP contribution in [-0.2, 0) is 4.79 Å². The molecule has 0 aliphatic carbocycles. The fraction of sp³-hybridized carbons (Fsp3) is 0.391. The Kier molecular flexibility index (Phi) is 4.73. The molecule has 2 aromatic heterocycles. The van der Waals surface area contributed by atoms with Crippen molar-refractivity contribution in [2.75, 3.05) is 26.2 Å². The van der Waals surface area contributed by atoms with E-state index in [1.807, 2.05) is 46.2 Å². The van der Waals surface area contributed by atoms with Crippen LogP contribution in [0.25, 0.3) is 22.6 Å². The van der Waals surface area contributed by atoms with E-state index in [9.17, 15) is 9.59 Å². The molecule has 0 atom stereocenters. The lowest BCUT2D eigenvalue weighted by Gasteiger charge is -2.46. The van der Waals surface area contributed by atoms with Gasteiger partial charge >= 0.3 is 0 Å². The molecular formula is C23H25N5O2. The van der Waals surface area contributed by atoms with E-state index >= 15 is 0 Å². The van der Waals surface area contributed by atoms with Gasteiger partial charge in [0.15, 0.2) is 5.82 Å². The van der Waals surface area contributed by atoms with Crippen LogP contribution >= 0.6 is 0 Å². The Morgan fingerprint density at radius 1 is 0.933 bits per heavy atom. The number of nitrogens with one attached hydrogen (secondary N) is 1. The number of hydrogen-bond acceptors (Lipinski definition) is 4. The first-order valence-corrected chi connectivity index (χ1v) is 10.6. The molecule has 2 aliphatic heterocycles. The van der Waals surface area contributed by atoms with E-state index in [2.05, 4.69) is 15.0 Å². The molecule has 0 radical (unpaired) electrons. The average molecular weight is 403 g/mol. The maximum atomic E-state index is 13.1. The van der Waals surface area contributed by atoms with Gasteiger partial charge in [-0.1, -0.05) is 18.2 Å². The minimum Gasteiger partial charge on any atom is -0.345 e. The van der Waals surface area contributed by atoms with Crippen molar-refractivity contribution < 1.29 is 9.59 Å². The van der Waals surface area contributed by atoms with Crippen molar-refractivity contribution in [2.45, 2.75) is 25.7 Å². The molecule has 0 unspecified atom stereocenters. The molecule has 7 nitrogen and oxygen atoms in total. The average Bonchev–Trinajstić information content (AvgIpc) is 3.24. The second-order valence-corrected chi connectivity index (χ2v) is 8.44. The molecule has 30 heavy (non-hydrogen) atoms. The summed E-state index contributed by atoms with van der Waals surface area (Å²) in [7, 11) is 0. The summed E-state index contributed by atoms with van der Waals surface area (Å²) in [5.74, 6) is 0.651. The number of piperidine rings is 2. The van der Waals surface area contributed by atoms with E-state index in [4.69, 9.17) is 0 Å². The summed E-state index contributed by atoms with van der Waals surface area (Å²) in [5, 5.41) is 0. The number of para-hydroxylation sites is 2. The fourth-order valence-corrected chi connectivity index (χ4v) is 4.71. The molecule has 7 heteroatoms. The summed E-state index contributed by atoms with van der Waals surface area (Å²) in [6, 6.07) is 13.4. The van der Waals surface area contributed by atoms with Crippen LogP contribution in [0.1, 0.15) is 36.2 Å². The summed E-state index contributed by atoms with van der Waals surface area (Å²) in [6.07, 6.45) is 5.01. The molecule has 154 valence electrons. The van der Waals surface area contributed by atoms with Gasteiger partial charge in [-0.3, -0.25) is 9.59 Å². The zero-order chi connectivity index (χ0) is 20.6. The molecular weight excluding hydrogens is 378 g/mol. The van der Waals surface area contributed by atoms with Gasteiger partial charge in [0.2, 0.25) is 6.41 Å². The number of nitrogens with zero attached hydrogens (tertiary/aromatic N) is 4. The standard InChI is InChI=1S/C23H25N5O2/c29-16-27-12-8-23(9-13-27)10-14-28(15-11-23)22(30)20-7-3-6-19(24-20)21-25-17-4-1-2-5-18(17)26-21/h1-7,16H,8-15H2,(H,25,26). The third-order valence-electron chi connectivity index (χ3n) is 6.72. The molecule has 1 spiro atoms. The lowest BCUT2D eigenvalue weighted by molar-refractivity contribution is -0.120. The number of fused-ring (bicyclic) bond motifs is 1. The molecule has 0 bridgehead atoms. The van der Waals surface area contributed by atoms with Crippen LogP contribution in [0.3, 0.4) is 0 Å². The number of H-pyrrole nitrogens is 1. The van der Waals surface area contributed by atoms with Crippen LogP contribution < -0.4 is 0 Å². The highest BCUT2D eigenvalue weighted by Crippen LogP contribution is 2.41. The maximum absolute atomic E-state index is 13.1. The SMILES string of the molecule is O=CN1CCC2(CC1)CCN(C(=O)c1cccc(-c3nc4ccccc4[nH]3)n1)CC2. The Hall–Kier alpha value is -3.22. The number of carbonyl (C=O) groups is 2. The van der Waals surface area contributed by atoms with Gasteiger partial charge in [0, 0.05) is 26.2 Å². The molecule has 0 saturated carbocycles. The Bertz CT molecular complexity index is 1040. The molecule has 2 aliphatic rings. The van der Waals surface area contributed by atoms with Gasteiger partial charge < -0.3 is 14.8 Å². The monoisotopic (exact) mass is 403 g/mol. The van der Waals surface area contributed by atoms with Crippen molar-refractivity contribution in [3.05, 3.63) is 48.2 Å². The molecule has 5 rings (SSSR count). The Balaban J connectivity index is 1.29. The topological polar surface area (TPSA) is 82.2 Å². The zero-order valence-electron chi connectivity index (χ0n) is 16.9. The first-order valence-electron chi connectivity index (χ1n) is 10.6. The Morgan fingerprint density at radius 2 is 1.67 bits per heavy atom. The number of likely N-dealkylation sites (tertiary alicyclic amines) is 2. The Labute approximate surface area is 175 Å². The second kappa shape index (κ2) is 7.55. The summed E-state index contributed by atoms with van der Waals surface area (Å²) in [4.78, 5) is 40.3. The molecule has 1 aromatic carbocycles. The highest BCUT2D eigenvalue weighted by molar-refractivity contribution is 5.93. The van der Waals surface area contributed by atoms with E-state index in [0.717, 1.165) is 69.3 Å². The van der Waals surface area contributed by atoms with Crippen LogP contribution in [0.5, 0.6) is 0 Å². The molecule has 2 amide bonds. The third-order valence-corrected chi connectivity index (χ3v) is 6.72. The van der Waals surface area contributed by atoms with Crippen molar-refractivity contribution in [1.29, 1.82) is 0 Å². The fourth-order valence-electron chi connectivity index (χ4n) is 4.71. The van der Waals surface area contributed by atoms with Gasteiger partial charge in [0.1, 0.15) is 11.4 Å². The number of aromatic nitrogens is 3. The first kappa shape index (κ1) is 18.8. The van der Waals surface area contributed by atoms with E-state index < -0.39 is 0 Å². The van der Waals surface area contributed by atoms with Crippen LogP contribution in [-0.4, -0.2) is 63.2 Å². The van der Waals surface area contributed by atoms with E-state index in [-0.39, 0.29) is 11.3 Å². The van der Waals surface area contributed by atoms with Gasteiger partial charge in [0.05, 0.1) is 11.0 Å². The van der Waals surface area contributed by atoms with Gasteiger partial charge in [0.25, 0.3) is 5.91 Å². The summed E-state index contributed by atoms with van der Waals surface area (Å²) < 4.78 is 0. The number of pyridine rings is 1. The predicted molar refractivity (Wildman–Crippen MR) is 114 cm³/mol. The number of rotatable bonds is 3. The van der Waals surface area contributed by atoms with Crippen molar-refractivity contribution >= 4 is 23.4 Å². The predicted octanol–water partition coefficient (Wildman–Crippen LogP) is 3.10. The number of carbonyl (C=O) groups excluding carboxylic acids is 2. The van der Waals surface area contributed by atoms with Crippen molar-refractivity contribution in [3.63, 3.8) is 0 Å². The number of imidazole rings is 1. The van der Waals surface area contributed by atoms with Crippen LogP contribution in [0.4, 0.5) is 0 Å². The molecule has 4 heterocycles. The second-order valence-electron chi connectivity index (χ2n) is 8.44. The zero-order valence-corrected chi connectivity index (χ0v) is 16.9. The molecule has 3 aromatic rings. The van der Waals surface area contributed by atoms with Crippen LogP contribution in [0.2, 0.25) is 0 Å². The summed E-state index contributed by atoms with van der Waals surface area (Å²) >= 11 is 0. The van der Waals surface area contributed by atoms with E-state index in [1.165, 1.54) is 0 Å². The molecule has 2 saturated heterocycles. The largest absolute Gasteiger partial charge is 0.345 e. The highest BCUT2D eigenvalue weighted by Gasteiger charge is 2.38. The summed E-state index contributed by atoms with van der Waals surface area (Å²) in [6.45, 7) is 3.16. The minimum absolute atomic E-state index is 0.0202. The lowest BCUT2D eigenvalue weighted by Crippen LogP contribution is -2.48. The van der Waals surface area contributed by atoms with E-state index in [1.54, 1.807) is 6.07 Å². The van der Waals surface area contributed by atoms with E-state index in [0.29, 0.717) is 17.2 Å². The first-order chi connectivity index (χ1) is 14.7. The highest BCUT2D eigenvalue weighted by atomic mass is 16.2. The third kappa shape index (κ3) is 3.44. The molecule has 1 N–H and O–H groups in total. The normalized spacial score (nSPS) is 18.7. The van der Waals surface area contributed by atoms with Crippen molar-refractivity contribution in [1.82, 2.24) is 24.8 Å². The van der Waals surface area contributed by atoms with Crippen LogP contribution in [0, 0.1) is 5.41 Å². The number of hydrogen-bond donors (Lipinski definition) is 1. The number of benzene rings is 1.